The minimum atomic E-state index is 0.705. The summed E-state index contributed by atoms with van der Waals surface area (Å²) < 4.78 is 2.16. The zero-order valence-corrected chi connectivity index (χ0v) is 18.9. The lowest BCUT2D eigenvalue weighted by atomic mass is 9.90. The van der Waals surface area contributed by atoms with Gasteiger partial charge in [-0.05, 0) is 55.9 Å². The molecule has 0 radical (unpaired) electrons. The third-order valence-corrected chi connectivity index (χ3v) is 6.77. The minimum absolute atomic E-state index is 0.705. The van der Waals surface area contributed by atoms with Crippen LogP contribution in [0.2, 0.25) is 0 Å². The standard InChI is InChI=1S/C28H27N5/c1-20-8-7-11-23(18-20)26-30-31-27-24-12-5-6-13-25(24)29-28(33(26)27)32-16-14-22(15-17-32)19-21-9-3-2-4-10-21/h2-13,18,22H,14-17,19H2,1H3. The van der Waals surface area contributed by atoms with Gasteiger partial charge in [0.15, 0.2) is 11.5 Å². The van der Waals surface area contributed by atoms with Gasteiger partial charge in [-0.25, -0.2) is 9.38 Å². The molecule has 33 heavy (non-hydrogen) atoms. The molecule has 5 aromatic rings. The van der Waals surface area contributed by atoms with Crippen LogP contribution in [0.3, 0.4) is 0 Å². The highest BCUT2D eigenvalue weighted by atomic mass is 15.4. The number of piperidine rings is 1. The van der Waals surface area contributed by atoms with E-state index in [2.05, 4.69) is 93.2 Å². The Morgan fingerprint density at radius 2 is 1.64 bits per heavy atom. The molecule has 6 rings (SSSR count). The van der Waals surface area contributed by atoms with E-state index in [1.807, 2.05) is 12.1 Å². The molecule has 164 valence electrons. The van der Waals surface area contributed by atoms with Crippen LogP contribution < -0.4 is 4.90 Å². The summed E-state index contributed by atoms with van der Waals surface area (Å²) in [6.07, 6.45) is 3.47. The van der Waals surface area contributed by atoms with Crippen molar-refractivity contribution in [2.45, 2.75) is 26.2 Å². The van der Waals surface area contributed by atoms with Crippen molar-refractivity contribution in [3.8, 4) is 11.4 Å². The Balaban J connectivity index is 1.39. The normalized spacial score (nSPS) is 14.9. The second-order valence-corrected chi connectivity index (χ2v) is 9.10. The van der Waals surface area contributed by atoms with Crippen molar-refractivity contribution >= 4 is 22.5 Å². The van der Waals surface area contributed by atoms with Gasteiger partial charge in [0.1, 0.15) is 0 Å². The predicted molar refractivity (Wildman–Crippen MR) is 134 cm³/mol. The van der Waals surface area contributed by atoms with E-state index in [0.717, 1.165) is 66.2 Å². The second-order valence-electron chi connectivity index (χ2n) is 9.10. The van der Waals surface area contributed by atoms with Gasteiger partial charge in [0.25, 0.3) is 0 Å². The Morgan fingerprint density at radius 1 is 0.848 bits per heavy atom. The van der Waals surface area contributed by atoms with Gasteiger partial charge in [0, 0.05) is 24.0 Å². The van der Waals surface area contributed by atoms with Gasteiger partial charge in [-0.3, -0.25) is 0 Å². The van der Waals surface area contributed by atoms with E-state index in [1.54, 1.807) is 0 Å². The highest BCUT2D eigenvalue weighted by molar-refractivity contribution is 5.93. The molecule has 0 aliphatic carbocycles. The Kier molecular flexibility index (Phi) is 5.02. The van der Waals surface area contributed by atoms with E-state index in [0.29, 0.717) is 5.92 Å². The first-order valence-electron chi connectivity index (χ1n) is 11.8. The Labute approximate surface area is 193 Å². The molecule has 5 nitrogen and oxygen atoms in total. The SMILES string of the molecule is Cc1cccc(-c2nnc3c4ccccc4nc(N4CCC(Cc5ccccc5)CC4)n23)c1. The van der Waals surface area contributed by atoms with Gasteiger partial charge in [-0.1, -0.05) is 66.2 Å². The number of anilines is 1. The van der Waals surface area contributed by atoms with Crippen molar-refractivity contribution in [2.24, 2.45) is 5.92 Å². The van der Waals surface area contributed by atoms with Crippen molar-refractivity contribution in [3.63, 3.8) is 0 Å². The average molecular weight is 434 g/mol. The quantitative estimate of drug-likeness (QED) is 0.364. The van der Waals surface area contributed by atoms with E-state index in [9.17, 15) is 0 Å². The van der Waals surface area contributed by atoms with E-state index < -0.39 is 0 Å². The van der Waals surface area contributed by atoms with Crippen LogP contribution in [0.4, 0.5) is 5.95 Å². The van der Waals surface area contributed by atoms with E-state index in [4.69, 9.17) is 4.98 Å². The van der Waals surface area contributed by atoms with Crippen molar-refractivity contribution in [1.29, 1.82) is 0 Å². The van der Waals surface area contributed by atoms with Crippen molar-refractivity contribution in [1.82, 2.24) is 19.6 Å². The first-order chi connectivity index (χ1) is 16.3. The summed E-state index contributed by atoms with van der Waals surface area (Å²) in [5.41, 5.74) is 5.55. The fraction of sp³-hybridized carbons (Fsp3) is 0.250. The summed E-state index contributed by atoms with van der Waals surface area (Å²) in [6, 6.07) is 27.6. The van der Waals surface area contributed by atoms with Crippen LogP contribution in [0.1, 0.15) is 24.0 Å². The largest absolute Gasteiger partial charge is 0.342 e. The molecular weight excluding hydrogens is 406 g/mol. The molecule has 5 heteroatoms. The van der Waals surface area contributed by atoms with Crippen LogP contribution in [-0.2, 0) is 6.42 Å². The summed E-state index contributed by atoms with van der Waals surface area (Å²) in [4.78, 5) is 7.55. The van der Waals surface area contributed by atoms with Crippen LogP contribution in [0.25, 0.3) is 27.9 Å². The lowest BCUT2D eigenvalue weighted by molar-refractivity contribution is 0.400. The van der Waals surface area contributed by atoms with Crippen molar-refractivity contribution in [3.05, 3.63) is 90.0 Å². The topological polar surface area (TPSA) is 46.3 Å². The first-order valence-corrected chi connectivity index (χ1v) is 11.8. The highest BCUT2D eigenvalue weighted by Gasteiger charge is 2.25. The molecule has 1 aliphatic rings. The zero-order valence-electron chi connectivity index (χ0n) is 18.9. The molecule has 0 saturated carbocycles. The lowest BCUT2D eigenvalue weighted by Gasteiger charge is -2.33. The number of nitrogens with zero attached hydrogens (tertiary/aromatic N) is 5. The molecule has 1 aliphatic heterocycles. The third-order valence-electron chi connectivity index (χ3n) is 6.77. The van der Waals surface area contributed by atoms with Crippen molar-refractivity contribution in [2.75, 3.05) is 18.0 Å². The van der Waals surface area contributed by atoms with Crippen molar-refractivity contribution < 1.29 is 0 Å². The maximum Gasteiger partial charge on any atom is 0.213 e. The molecule has 0 amide bonds. The molecule has 0 bridgehead atoms. The van der Waals surface area contributed by atoms with Crippen LogP contribution in [0.5, 0.6) is 0 Å². The number of rotatable bonds is 4. The average Bonchev–Trinajstić information content (AvgIpc) is 3.30. The molecular formula is C28H27N5. The Bertz CT molecular complexity index is 1410. The fourth-order valence-electron chi connectivity index (χ4n) is 5.03. The van der Waals surface area contributed by atoms with Crippen LogP contribution in [0, 0.1) is 12.8 Å². The summed E-state index contributed by atoms with van der Waals surface area (Å²) in [5.74, 6) is 2.51. The van der Waals surface area contributed by atoms with E-state index in [1.165, 1.54) is 11.1 Å². The number of hydrogen-bond donors (Lipinski definition) is 0. The van der Waals surface area contributed by atoms with Gasteiger partial charge in [-0.2, -0.15) is 0 Å². The van der Waals surface area contributed by atoms with Crippen LogP contribution in [-0.4, -0.2) is 32.7 Å². The molecule has 1 saturated heterocycles. The maximum atomic E-state index is 5.13. The second kappa shape index (κ2) is 8.32. The van der Waals surface area contributed by atoms with Gasteiger partial charge in [0.05, 0.1) is 5.52 Å². The summed E-state index contributed by atoms with van der Waals surface area (Å²) in [6.45, 7) is 4.09. The molecule has 0 spiro atoms. The molecule has 0 unspecified atom stereocenters. The monoisotopic (exact) mass is 433 g/mol. The van der Waals surface area contributed by atoms with Gasteiger partial charge >= 0.3 is 0 Å². The molecule has 3 aromatic carbocycles. The summed E-state index contributed by atoms with van der Waals surface area (Å²) >= 11 is 0. The highest BCUT2D eigenvalue weighted by Crippen LogP contribution is 2.31. The maximum absolute atomic E-state index is 5.13. The zero-order chi connectivity index (χ0) is 22.2. The fourth-order valence-corrected chi connectivity index (χ4v) is 5.03. The summed E-state index contributed by atoms with van der Waals surface area (Å²) in [7, 11) is 0. The van der Waals surface area contributed by atoms with Gasteiger partial charge in [-0.15, -0.1) is 10.2 Å². The Hall–Kier alpha value is -3.73. The number of benzene rings is 3. The first kappa shape index (κ1) is 19.9. The third kappa shape index (κ3) is 3.74. The summed E-state index contributed by atoms with van der Waals surface area (Å²) in [5, 5.41) is 10.3. The molecule has 0 atom stereocenters. The number of aromatic nitrogens is 4. The minimum Gasteiger partial charge on any atom is -0.342 e. The van der Waals surface area contributed by atoms with Gasteiger partial charge in [0.2, 0.25) is 5.95 Å². The number of para-hydroxylation sites is 1. The van der Waals surface area contributed by atoms with Crippen LogP contribution in [0.15, 0.2) is 78.9 Å². The number of aryl methyl sites for hydroxylation is 1. The molecule has 1 fully saturated rings. The van der Waals surface area contributed by atoms with Crippen LogP contribution >= 0.6 is 0 Å². The molecule has 0 N–H and O–H groups in total. The Morgan fingerprint density at radius 3 is 2.45 bits per heavy atom. The predicted octanol–water partition coefficient (Wildman–Crippen LogP) is 5.71. The van der Waals surface area contributed by atoms with E-state index >= 15 is 0 Å². The van der Waals surface area contributed by atoms with Gasteiger partial charge < -0.3 is 4.90 Å². The number of fused-ring (bicyclic) bond motifs is 3. The molecule has 3 heterocycles. The lowest BCUT2D eigenvalue weighted by Crippen LogP contribution is -2.36. The van der Waals surface area contributed by atoms with E-state index in [-0.39, 0.29) is 0 Å². The smallest absolute Gasteiger partial charge is 0.213 e. The molecule has 2 aromatic heterocycles. The number of hydrogen-bond acceptors (Lipinski definition) is 4.